The maximum absolute atomic E-state index is 13.3. The summed E-state index contributed by atoms with van der Waals surface area (Å²) in [4.78, 5) is 39.0. The van der Waals surface area contributed by atoms with Gasteiger partial charge in [0.05, 0.1) is 24.9 Å². The normalized spacial score (nSPS) is 15.0. The number of carbonyl (C=O) groups is 3. The van der Waals surface area contributed by atoms with E-state index in [0.717, 1.165) is 11.3 Å². The van der Waals surface area contributed by atoms with Crippen molar-refractivity contribution in [1.29, 1.82) is 0 Å². The Morgan fingerprint density at radius 3 is 2.40 bits per heavy atom. The van der Waals surface area contributed by atoms with Gasteiger partial charge in [0.25, 0.3) is 5.91 Å². The van der Waals surface area contributed by atoms with Gasteiger partial charge in [-0.2, -0.15) is 0 Å². The molecule has 0 fully saturated rings. The number of hydrogen-bond donors (Lipinski definition) is 0. The highest BCUT2D eigenvalue weighted by Crippen LogP contribution is 2.35. The van der Waals surface area contributed by atoms with Gasteiger partial charge in [0.1, 0.15) is 5.75 Å². The third-order valence-corrected chi connectivity index (χ3v) is 4.80. The Labute approximate surface area is 175 Å². The van der Waals surface area contributed by atoms with Crippen LogP contribution in [0.15, 0.2) is 65.4 Å². The van der Waals surface area contributed by atoms with Crippen molar-refractivity contribution >= 4 is 29.4 Å². The maximum Gasteiger partial charge on any atom is 0.340 e. The van der Waals surface area contributed by atoms with Crippen LogP contribution in [0.1, 0.15) is 36.7 Å². The average molecular weight is 405 g/mol. The van der Waals surface area contributed by atoms with Gasteiger partial charge in [0.2, 0.25) is 0 Å². The van der Waals surface area contributed by atoms with Crippen molar-refractivity contribution in [3.8, 4) is 5.75 Å². The minimum atomic E-state index is -0.594. The first-order valence-electron chi connectivity index (χ1n) is 9.57. The molecule has 3 rings (SSSR count). The van der Waals surface area contributed by atoms with Crippen LogP contribution in [0.4, 0.5) is 5.69 Å². The van der Waals surface area contributed by atoms with Gasteiger partial charge in [-0.1, -0.05) is 24.3 Å². The van der Waals surface area contributed by atoms with E-state index >= 15 is 0 Å². The van der Waals surface area contributed by atoms with Crippen molar-refractivity contribution in [1.82, 2.24) is 0 Å². The molecule has 0 N–H and O–H groups in total. The van der Waals surface area contributed by atoms with Gasteiger partial charge in [0.15, 0.2) is 5.78 Å². The van der Waals surface area contributed by atoms with Crippen molar-refractivity contribution in [2.75, 3.05) is 18.6 Å². The smallest absolute Gasteiger partial charge is 0.340 e. The molecule has 0 saturated carbocycles. The second-order valence-corrected chi connectivity index (χ2v) is 6.76. The van der Waals surface area contributed by atoms with Gasteiger partial charge in [0, 0.05) is 16.9 Å². The fourth-order valence-electron chi connectivity index (χ4n) is 3.35. The second kappa shape index (κ2) is 8.78. The van der Waals surface area contributed by atoms with Gasteiger partial charge in [-0.25, -0.2) is 4.79 Å². The van der Waals surface area contributed by atoms with Crippen LogP contribution in [0.25, 0.3) is 6.08 Å². The molecule has 0 unspecified atom stereocenters. The molecule has 0 atom stereocenters. The average Bonchev–Trinajstić information content (AvgIpc) is 2.98. The summed E-state index contributed by atoms with van der Waals surface area (Å²) < 4.78 is 10.4. The zero-order chi connectivity index (χ0) is 21.8. The van der Waals surface area contributed by atoms with Crippen LogP contribution in [-0.4, -0.2) is 31.4 Å². The summed E-state index contributed by atoms with van der Waals surface area (Å²) in [6.07, 6.45) is 1.66. The minimum absolute atomic E-state index is 0.108. The standard InChI is InChI=1S/C24H23NO5/c1-5-30-20-11-9-17(10-12-20)13-21-22(24(28)29-4)15(2)25(23(21)27)19-8-6-7-18(14-19)16(3)26/h6-14H,5H2,1-4H3/b21-13-. The molecule has 30 heavy (non-hydrogen) atoms. The Hall–Kier alpha value is -3.67. The summed E-state index contributed by atoms with van der Waals surface area (Å²) in [7, 11) is 1.28. The van der Waals surface area contributed by atoms with E-state index in [9.17, 15) is 14.4 Å². The lowest BCUT2D eigenvalue weighted by Crippen LogP contribution is -2.24. The van der Waals surface area contributed by atoms with Crippen molar-refractivity contribution in [2.24, 2.45) is 0 Å². The molecular weight excluding hydrogens is 382 g/mol. The first kappa shape index (κ1) is 21.0. The summed E-state index contributed by atoms with van der Waals surface area (Å²) in [6, 6.07) is 14.0. The number of methoxy groups -OCH3 is 1. The van der Waals surface area contributed by atoms with Gasteiger partial charge in [-0.15, -0.1) is 0 Å². The number of Topliss-reactive ketones (excluding diaryl/α,β-unsaturated/α-hetero) is 1. The lowest BCUT2D eigenvalue weighted by atomic mass is 10.0. The van der Waals surface area contributed by atoms with Gasteiger partial charge < -0.3 is 9.47 Å². The molecule has 6 nitrogen and oxygen atoms in total. The highest BCUT2D eigenvalue weighted by molar-refractivity contribution is 6.24. The van der Waals surface area contributed by atoms with E-state index in [-0.39, 0.29) is 22.8 Å². The summed E-state index contributed by atoms with van der Waals surface area (Å²) in [5.41, 5.74) is 2.62. The van der Waals surface area contributed by atoms with E-state index in [1.54, 1.807) is 49.4 Å². The summed E-state index contributed by atoms with van der Waals surface area (Å²) >= 11 is 0. The molecule has 0 radical (unpaired) electrons. The largest absolute Gasteiger partial charge is 0.494 e. The molecular formula is C24H23NO5. The number of carbonyl (C=O) groups excluding carboxylic acids is 3. The van der Waals surface area contributed by atoms with Crippen LogP contribution < -0.4 is 9.64 Å². The summed E-state index contributed by atoms with van der Waals surface area (Å²) in [6.45, 7) is 5.61. The first-order valence-corrected chi connectivity index (χ1v) is 9.57. The van der Waals surface area contributed by atoms with Gasteiger partial charge >= 0.3 is 5.97 Å². The number of nitrogens with zero attached hydrogens (tertiary/aromatic N) is 1. The minimum Gasteiger partial charge on any atom is -0.494 e. The predicted molar refractivity (Wildman–Crippen MR) is 114 cm³/mol. The van der Waals surface area contributed by atoms with Crippen molar-refractivity contribution in [2.45, 2.75) is 20.8 Å². The number of benzene rings is 2. The Bertz CT molecular complexity index is 1060. The van der Waals surface area contributed by atoms with Crippen molar-refractivity contribution in [3.05, 3.63) is 76.5 Å². The van der Waals surface area contributed by atoms with Crippen LogP contribution in [-0.2, 0) is 14.3 Å². The monoisotopic (exact) mass is 405 g/mol. The predicted octanol–water partition coefficient (Wildman–Crippen LogP) is 4.17. The Balaban J connectivity index is 2.08. The highest BCUT2D eigenvalue weighted by atomic mass is 16.5. The van der Waals surface area contributed by atoms with E-state index in [2.05, 4.69) is 0 Å². The molecule has 154 valence electrons. The summed E-state index contributed by atoms with van der Waals surface area (Å²) in [5, 5.41) is 0. The fourth-order valence-corrected chi connectivity index (χ4v) is 3.35. The molecule has 1 aliphatic heterocycles. The summed E-state index contributed by atoms with van der Waals surface area (Å²) in [5.74, 6) is -0.339. The van der Waals surface area contributed by atoms with Crippen LogP contribution in [0, 0.1) is 0 Å². The van der Waals surface area contributed by atoms with E-state index in [4.69, 9.17) is 9.47 Å². The molecule has 0 aromatic heterocycles. The molecule has 2 aromatic rings. The third-order valence-electron chi connectivity index (χ3n) is 4.80. The first-order chi connectivity index (χ1) is 14.4. The van der Waals surface area contributed by atoms with Crippen LogP contribution in [0.5, 0.6) is 5.75 Å². The topological polar surface area (TPSA) is 72.9 Å². The number of anilines is 1. The van der Waals surface area contributed by atoms with E-state index in [1.807, 2.05) is 19.1 Å². The molecule has 0 bridgehead atoms. The van der Waals surface area contributed by atoms with E-state index < -0.39 is 5.97 Å². The molecule has 6 heteroatoms. The molecule has 1 amide bonds. The molecule has 2 aromatic carbocycles. The maximum atomic E-state index is 13.3. The molecule has 0 spiro atoms. The van der Waals surface area contributed by atoms with Crippen molar-refractivity contribution < 1.29 is 23.9 Å². The lowest BCUT2D eigenvalue weighted by molar-refractivity contribution is -0.136. The molecule has 0 saturated heterocycles. The number of amides is 1. The van der Waals surface area contributed by atoms with Crippen LogP contribution in [0.3, 0.4) is 0 Å². The Morgan fingerprint density at radius 1 is 1.10 bits per heavy atom. The second-order valence-electron chi connectivity index (χ2n) is 6.76. The number of hydrogen-bond acceptors (Lipinski definition) is 5. The van der Waals surface area contributed by atoms with E-state index in [0.29, 0.717) is 23.6 Å². The Morgan fingerprint density at radius 2 is 1.80 bits per heavy atom. The van der Waals surface area contributed by atoms with Crippen LogP contribution in [0.2, 0.25) is 0 Å². The number of ketones is 1. The Kier molecular flexibility index (Phi) is 6.16. The SMILES string of the molecule is CCOc1ccc(/C=C2\C(=O)N(c3cccc(C(C)=O)c3)C(C)=C2C(=O)OC)cc1. The third kappa shape index (κ3) is 4.03. The number of esters is 1. The van der Waals surface area contributed by atoms with Gasteiger partial charge in [-0.05, 0) is 56.7 Å². The fraction of sp³-hybridized carbons (Fsp3) is 0.208. The molecule has 1 aliphatic rings. The van der Waals surface area contributed by atoms with Gasteiger partial charge in [-0.3, -0.25) is 14.5 Å². The zero-order valence-corrected chi connectivity index (χ0v) is 17.4. The number of allylic oxidation sites excluding steroid dienone is 1. The van der Waals surface area contributed by atoms with Crippen molar-refractivity contribution in [3.63, 3.8) is 0 Å². The molecule has 1 heterocycles. The quantitative estimate of drug-likeness (QED) is 0.410. The number of ether oxygens (including phenoxy) is 2. The van der Waals surface area contributed by atoms with Crippen LogP contribution >= 0.6 is 0 Å². The number of rotatable bonds is 6. The van der Waals surface area contributed by atoms with E-state index in [1.165, 1.54) is 18.9 Å². The zero-order valence-electron chi connectivity index (χ0n) is 17.4. The lowest BCUT2D eigenvalue weighted by Gasteiger charge is -2.18. The highest BCUT2D eigenvalue weighted by Gasteiger charge is 2.38. The molecule has 0 aliphatic carbocycles.